The highest BCUT2D eigenvalue weighted by Crippen LogP contribution is 2.32. The highest BCUT2D eigenvalue weighted by Gasteiger charge is 2.14. The van der Waals surface area contributed by atoms with Crippen molar-refractivity contribution in [3.05, 3.63) is 101 Å². The highest BCUT2D eigenvalue weighted by molar-refractivity contribution is 7.90. The van der Waals surface area contributed by atoms with Crippen molar-refractivity contribution in [2.45, 2.75) is 4.90 Å². The van der Waals surface area contributed by atoms with Crippen LogP contribution in [0.4, 0.5) is 11.4 Å². The Bertz CT molecular complexity index is 1650. The van der Waals surface area contributed by atoms with Gasteiger partial charge in [0.2, 0.25) is 5.88 Å². The monoisotopic (exact) mass is 566 g/mol. The van der Waals surface area contributed by atoms with Crippen LogP contribution in [0.15, 0.2) is 101 Å². The van der Waals surface area contributed by atoms with E-state index in [0.717, 1.165) is 10.4 Å². The Balaban J connectivity index is 1.70. The number of ether oxygens (including phenoxy) is 1. The highest BCUT2D eigenvalue weighted by atomic mass is 35.5. The van der Waals surface area contributed by atoms with E-state index in [9.17, 15) is 13.2 Å². The molecule has 0 bridgehead atoms. The van der Waals surface area contributed by atoms with E-state index in [4.69, 9.17) is 22.1 Å². The summed E-state index contributed by atoms with van der Waals surface area (Å²) in [6, 6.07) is 20.7. The maximum atomic E-state index is 12.8. The Morgan fingerprint density at radius 1 is 1.11 bits per heavy atom. The minimum absolute atomic E-state index is 0.0827. The van der Waals surface area contributed by atoms with Gasteiger partial charge in [0.05, 0.1) is 50.9 Å². The molecule has 38 heavy (non-hydrogen) atoms. The number of hydrogen-bond acceptors (Lipinski definition) is 8. The minimum Gasteiger partial charge on any atom is -0.481 e. The SMILES string of the molecule is COc1ccc(NC(=O)C(N)=CC(=Nc2ccccc2Cl)c2ccc(-c3cccc(S(C)(=O)=O)c3)s2)cn1. The van der Waals surface area contributed by atoms with Crippen LogP contribution in [-0.2, 0) is 14.6 Å². The van der Waals surface area contributed by atoms with E-state index in [1.165, 1.54) is 37.0 Å². The van der Waals surface area contributed by atoms with Crippen LogP contribution >= 0.6 is 22.9 Å². The lowest BCUT2D eigenvalue weighted by atomic mass is 10.2. The van der Waals surface area contributed by atoms with Crippen LogP contribution in [-0.4, -0.2) is 38.4 Å². The Kier molecular flexibility index (Phi) is 8.26. The van der Waals surface area contributed by atoms with E-state index in [1.807, 2.05) is 18.2 Å². The van der Waals surface area contributed by atoms with Gasteiger partial charge in [0.1, 0.15) is 0 Å². The number of sulfone groups is 1. The number of allylic oxidation sites excluding steroid dienone is 1. The Hall–Kier alpha value is -3.99. The topological polar surface area (TPSA) is 124 Å². The number of hydrogen-bond donors (Lipinski definition) is 2. The number of benzene rings is 2. The predicted molar refractivity (Wildman–Crippen MR) is 152 cm³/mol. The molecule has 2 aromatic carbocycles. The van der Waals surface area contributed by atoms with Crippen LogP contribution in [0.2, 0.25) is 5.02 Å². The Morgan fingerprint density at radius 3 is 2.58 bits per heavy atom. The third-order valence-corrected chi connectivity index (χ3v) is 7.84. The zero-order valence-electron chi connectivity index (χ0n) is 20.4. The smallest absolute Gasteiger partial charge is 0.271 e. The van der Waals surface area contributed by atoms with Gasteiger partial charge in [-0.05, 0) is 54.1 Å². The number of halogens is 1. The second kappa shape index (κ2) is 11.6. The zero-order chi connectivity index (χ0) is 27.3. The van der Waals surface area contributed by atoms with Gasteiger partial charge < -0.3 is 15.8 Å². The maximum absolute atomic E-state index is 12.8. The van der Waals surface area contributed by atoms with Gasteiger partial charge in [-0.2, -0.15) is 0 Å². The number of carbonyl (C=O) groups excluding carboxylic acids is 1. The fraction of sp³-hybridized carbons (Fsp3) is 0.0741. The summed E-state index contributed by atoms with van der Waals surface area (Å²) in [7, 11) is -1.86. The number of nitrogens with two attached hydrogens (primary N) is 1. The van der Waals surface area contributed by atoms with Gasteiger partial charge in [-0.15, -0.1) is 11.3 Å². The first-order valence-corrected chi connectivity index (χ1v) is 14.2. The van der Waals surface area contributed by atoms with E-state index in [1.54, 1.807) is 54.6 Å². The van der Waals surface area contributed by atoms with E-state index in [0.29, 0.717) is 32.9 Å². The molecule has 8 nitrogen and oxygen atoms in total. The van der Waals surface area contributed by atoms with Gasteiger partial charge in [-0.25, -0.2) is 18.4 Å². The molecule has 0 saturated heterocycles. The summed E-state index contributed by atoms with van der Waals surface area (Å²) in [6.07, 6.45) is 4.10. The summed E-state index contributed by atoms with van der Waals surface area (Å²) in [4.78, 5) is 23.3. The normalized spacial score (nSPS) is 12.3. The second-order valence-electron chi connectivity index (χ2n) is 8.06. The Morgan fingerprint density at radius 2 is 1.89 bits per heavy atom. The van der Waals surface area contributed by atoms with E-state index in [-0.39, 0.29) is 10.6 Å². The maximum Gasteiger partial charge on any atom is 0.271 e. The zero-order valence-corrected chi connectivity index (χ0v) is 22.8. The average Bonchev–Trinajstić information content (AvgIpc) is 3.40. The molecular weight excluding hydrogens is 544 g/mol. The number of nitrogens with one attached hydrogen (secondary N) is 1. The number of anilines is 1. The molecular formula is C27H23ClN4O4S2. The molecule has 4 aromatic rings. The van der Waals surface area contributed by atoms with Gasteiger partial charge in [0.25, 0.3) is 5.91 Å². The molecule has 2 heterocycles. The van der Waals surface area contributed by atoms with Gasteiger partial charge >= 0.3 is 0 Å². The number of nitrogens with zero attached hydrogens (tertiary/aromatic N) is 2. The van der Waals surface area contributed by atoms with E-state index in [2.05, 4.69) is 15.3 Å². The van der Waals surface area contributed by atoms with Gasteiger partial charge in [-0.3, -0.25) is 4.79 Å². The summed E-state index contributed by atoms with van der Waals surface area (Å²) in [6.45, 7) is 0. The quantitative estimate of drug-likeness (QED) is 0.215. The molecule has 1 amide bonds. The summed E-state index contributed by atoms with van der Waals surface area (Å²) in [5.74, 6) is -0.127. The average molecular weight is 567 g/mol. The van der Waals surface area contributed by atoms with Crippen molar-refractivity contribution in [3.8, 4) is 16.3 Å². The fourth-order valence-electron chi connectivity index (χ4n) is 3.33. The molecule has 11 heteroatoms. The van der Waals surface area contributed by atoms with Crippen molar-refractivity contribution in [3.63, 3.8) is 0 Å². The molecule has 0 unspecified atom stereocenters. The number of amides is 1. The number of rotatable bonds is 8. The minimum atomic E-state index is -3.36. The molecule has 194 valence electrons. The third kappa shape index (κ3) is 6.65. The van der Waals surface area contributed by atoms with Crippen LogP contribution in [0.25, 0.3) is 10.4 Å². The Labute approximate surface area is 229 Å². The predicted octanol–water partition coefficient (Wildman–Crippen LogP) is 5.48. The fourth-order valence-corrected chi connectivity index (χ4v) is 5.14. The van der Waals surface area contributed by atoms with Crippen molar-refractivity contribution in [1.29, 1.82) is 0 Å². The number of thiophene rings is 1. The third-order valence-electron chi connectivity index (χ3n) is 5.26. The molecule has 2 aromatic heterocycles. The molecule has 0 fully saturated rings. The molecule has 4 rings (SSSR count). The van der Waals surface area contributed by atoms with Gasteiger partial charge in [-0.1, -0.05) is 35.9 Å². The van der Waals surface area contributed by atoms with E-state index >= 15 is 0 Å². The summed E-state index contributed by atoms with van der Waals surface area (Å²) in [5.41, 5.74) is 8.18. The van der Waals surface area contributed by atoms with Crippen molar-refractivity contribution >= 4 is 55.8 Å². The van der Waals surface area contributed by atoms with Gasteiger partial charge in [0, 0.05) is 17.2 Å². The lowest BCUT2D eigenvalue weighted by Crippen LogP contribution is -2.21. The number of aliphatic imine (C=N–C) groups is 1. The summed E-state index contributed by atoms with van der Waals surface area (Å²) < 4.78 is 29.1. The van der Waals surface area contributed by atoms with Gasteiger partial charge in [0.15, 0.2) is 9.84 Å². The number of methoxy groups -OCH3 is 1. The van der Waals surface area contributed by atoms with Crippen molar-refractivity contribution in [2.24, 2.45) is 10.7 Å². The molecule has 0 aliphatic carbocycles. The molecule has 0 aliphatic rings. The lowest BCUT2D eigenvalue weighted by molar-refractivity contribution is -0.112. The van der Waals surface area contributed by atoms with Crippen LogP contribution in [0.1, 0.15) is 4.88 Å². The van der Waals surface area contributed by atoms with Crippen LogP contribution < -0.4 is 15.8 Å². The summed E-state index contributed by atoms with van der Waals surface area (Å²) in [5, 5.41) is 3.13. The number of pyridine rings is 1. The van der Waals surface area contributed by atoms with E-state index < -0.39 is 15.7 Å². The molecule has 0 saturated carbocycles. The standard InChI is InChI=1S/C27H23ClN4O4S2/c1-36-26-13-10-18(16-30-26)31-27(33)21(29)15-23(32-22-9-4-3-8-20(22)28)25-12-11-24(37-25)17-6-5-7-19(14-17)38(2,34)35/h3-16H,29H2,1-2H3,(H,31,33). The second-order valence-corrected chi connectivity index (χ2v) is 11.6. The first kappa shape index (κ1) is 27.1. The van der Waals surface area contributed by atoms with Crippen molar-refractivity contribution in [2.75, 3.05) is 18.7 Å². The largest absolute Gasteiger partial charge is 0.481 e. The first-order valence-electron chi connectivity index (χ1n) is 11.2. The summed E-state index contributed by atoms with van der Waals surface area (Å²) >= 11 is 7.72. The molecule has 0 radical (unpaired) electrons. The van der Waals surface area contributed by atoms with Crippen LogP contribution in [0, 0.1) is 0 Å². The van der Waals surface area contributed by atoms with Crippen LogP contribution in [0.5, 0.6) is 5.88 Å². The van der Waals surface area contributed by atoms with Crippen molar-refractivity contribution in [1.82, 2.24) is 4.98 Å². The van der Waals surface area contributed by atoms with Crippen molar-refractivity contribution < 1.29 is 17.9 Å². The number of para-hydroxylation sites is 1. The van der Waals surface area contributed by atoms with Crippen LogP contribution in [0.3, 0.4) is 0 Å². The molecule has 0 spiro atoms. The molecule has 0 aliphatic heterocycles. The number of carbonyl (C=O) groups is 1. The first-order chi connectivity index (χ1) is 18.1. The molecule has 0 atom stereocenters. The lowest BCUT2D eigenvalue weighted by Gasteiger charge is -2.07. The molecule has 3 N–H and O–H groups in total. The number of aromatic nitrogens is 1.